The second kappa shape index (κ2) is 6.47. The predicted molar refractivity (Wildman–Crippen MR) is 87.4 cm³/mol. The molecule has 2 aliphatic heterocycles. The molecule has 3 atom stereocenters. The lowest BCUT2D eigenvalue weighted by Gasteiger charge is -2.30. The molecule has 1 aromatic rings. The number of fused-ring (bicyclic) bond motifs is 2. The largest absolute Gasteiger partial charge is 0.481 e. The third-order valence-corrected chi connectivity index (χ3v) is 5.12. The minimum absolute atomic E-state index is 0.101. The average molecular weight is 323 g/mol. The van der Waals surface area contributed by atoms with Gasteiger partial charge >= 0.3 is 0 Å². The molecule has 2 aliphatic rings. The van der Waals surface area contributed by atoms with E-state index in [9.17, 15) is 4.79 Å². The summed E-state index contributed by atoms with van der Waals surface area (Å²) in [4.78, 5) is 14.9. The molecule has 3 unspecified atom stereocenters. The standard InChI is InChI=1S/C17H23ClN2O2/c1-11-9-15(5-6-16(11)18)22-12(2)17(21)20-13-3-4-14(20)10-19-8-7-13/h5-6,9,12-14,19H,3-4,7-8,10H2,1-2H3. The minimum Gasteiger partial charge on any atom is -0.481 e. The highest BCUT2D eigenvalue weighted by Crippen LogP contribution is 2.29. The number of carbonyl (C=O) groups is 1. The minimum atomic E-state index is -0.471. The molecule has 2 heterocycles. The van der Waals surface area contributed by atoms with Gasteiger partial charge < -0.3 is 15.0 Å². The van der Waals surface area contributed by atoms with Crippen LogP contribution in [-0.4, -0.2) is 42.1 Å². The highest BCUT2D eigenvalue weighted by atomic mass is 35.5. The van der Waals surface area contributed by atoms with Gasteiger partial charge in [-0.1, -0.05) is 11.6 Å². The van der Waals surface area contributed by atoms with E-state index < -0.39 is 6.10 Å². The Kier molecular flexibility index (Phi) is 4.59. The molecule has 5 heteroatoms. The Labute approximate surface area is 136 Å². The van der Waals surface area contributed by atoms with Gasteiger partial charge in [0.2, 0.25) is 0 Å². The Morgan fingerprint density at radius 3 is 2.91 bits per heavy atom. The van der Waals surface area contributed by atoms with E-state index in [1.54, 1.807) is 0 Å². The third kappa shape index (κ3) is 3.08. The summed E-state index contributed by atoms with van der Waals surface area (Å²) in [5, 5.41) is 4.13. The van der Waals surface area contributed by atoms with Crippen LogP contribution in [0.3, 0.4) is 0 Å². The molecular formula is C17H23ClN2O2. The zero-order valence-corrected chi connectivity index (χ0v) is 13.9. The number of nitrogens with zero attached hydrogens (tertiary/aromatic N) is 1. The Morgan fingerprint density at radius 1 is 1.36 bits per heavy atom. The summed E-state index contributed by atoms with van der Waals surface area (Å²) in [6.45, 7) is 5.66. The van der Waals surface area contributed by atoms with E-state index in [1.807, 2.05) is 32.0 Å². The Bertz CT molecular complexity index is 550. The molecule has 1 N–H and O–H groups in total. The molecular weight excluding hydrogens is 300 g/mol. The van der Waals surface area contributed by atoms with Crippen molar-refractivity contribution in [2.45, 2.75) is 51.3 Å². The molecule has 1 amide bonds. The highest BCUT2D eigenvalue weighted by molar-refractivity contribution is 6.31. The molecule has 2 saturated heterocycles. The second-order valence-corrected chi connectivity index (χ2v) is 6.70. The van der Waals surface area contributed by atoms with Crippen LogP contribution in [0.1, 0.15) is 31.7 Å². The van der Waals surface area contributed by atoms with E-state index >= 15 is 0 Å². The summed E-state index contributed by atoms with van der Waals surface area (Å²) < 4.78 is 5.86. The maximum atomic E-state index is 12.8. The van der Waals surface area contributed by atoms with Crippen molar-refractivity contribution < 1.29 is 9.53 Å². The normalized spacial score (nSPS) is 25.7. The van der Waals surface area contributed by atoms with Crippen molar-refractivity contribution in [2.75, 3.05) is 13.1 Å². The van der Waals surface area contributed by atoms with Crippen molar-refractivity contribution in [3.05, 3.63) is 28.8 Å². The van der Waals surface area contributed by atoms with Crippen LogP contribution in [0, 0.1) is 6.92 Å². The first-order valence-electron chi connectivity index (χ1n) is 8.02. The SMILES string of the molecule is Cc1cc(OC(C)C(=O)N2C3CCNCC2CC3)ccc1Cl. The van der Waals surface area contributed by atoms with Crippen LogP contribution in [0.4, 0.5) is 0 Å². The number of halogens is 1. The number of ether oxygens (including phenoxy) is 1. The van der Waals surface area contributed by atoms with E-state index in [0.29, 0.717) is 22.9 Å². The van der Waals surface area contributed by atoms with Gasteiger partial charge in [-0.05, 0) is 63.4 Å². The summed E-state index contributed by atoms with van der Waals surface area (Å²) >= 11 is 6.03. The molecule has 22 heavy (non-hydrogen) atoms. The number of benzene rings is 1. The highest BCUT2D eigenvalue weighted by Gasteiger charge is 2.40. The molecule has 4 nitrogen and oxygen atoms in total. The van der Waals surface area contributed by atoms with Gasteiger partial charge in [0, 0.05) is 23.7 Å². The van der Waals surface area contributed by atoms with Gasteiger partial charge in [-0.15, -0.1) is 0 Å². The lowest BCUT2D eigenvalue weighted by Crippen LogP contribution is -2.48. The molecule has 2 fully saturated rings. The monoisotopic (exact) mass is 322 g/mol. The van der Waals surface area contributed by atoms with Gasteiger partial charge in [-0.25, -0.2) is 0 Å². The molecule has 3 rings (SSSR count). The molecule has 0 radical (unpaired) electrons. The number of aryl methyl sites for hydroxylation is 1. The van der Waals surface area contributed by atoms with E-state index in [1.165, 1.54) is 0 Å². The predicted octanol–water partition coefficient (Wildman–Crippen LogP) is 2.77. The van der Waals surface area contributed by atoms with Crippen molar-refractivity contribution in [3.8, 4) is 5.75 Å². The van der Waals surface area contributed by atoms with Gasteiger partial charge in [-0.2, -0.15) is 0 Å². The van der Waals surface area contributed by atoms with Gasteiger partial charge in [0.05, 0.1) is 0 Å². The van der Waals surface area contributed by atoms with Crippen LogP contribution >= 0.6 is 11.6 Å². The van der Waals surface area contributed by atoms with Crippen LogP contribution < -0.4 is 10.1 Å². The van der Waals surface area contributed by atoms with Gasteiger partial charge in [0.15, 0.2) is 6.10 Å². The first-order valence-corrected chi connectivity index (χ1v) is 8.40. The third-order valence-electron chi connectivity index (χ3n) is 4.70. The maximum Gasteiger partial charge on any atom is 0.263 e. The number of hydrogen-bond acceptors (Lipinski definition) is 3. The van der Waals surface area contributed by atoms with Crippen LogP contribution in [0.25, 0.3) is 0 Å². The summed E-state index contributed by atoms with van der Waals surface area (Å²) in [6, 6.07) is 6.19. The fraction of sp³-hybridized carbons (Fsp3) is 0.588. The fourth-order valence-electron chi connectivity index (χ4n) is 3.50. The van der Waals surface area contributed by atoms with Gasteiger partial charge in [0.1, 0.15) is 5.75 Å². The van der Waals surface area contributed by atoms with Crippen LogP contribution in [-0.2, 0) is 4.79 Å². The van der Waals surface area contributed by atoms with E-state index in [2.05, 4.69) is 10.2 Å². The van der Waals surface area contributed by atoms with E-state index in [0.717, 1.165) is 37.9 Å². The van der Waals surface area contributed by atoms with Crippen molar-refractivity contribution in [2.24, 2.45) is 0 Å². The molecule has 2 bridgehead atoms. The summed E-state index contributed by atoms with van der Waals surface area (Å²) in [7, 11) is 0. The lowest BCUT2D eigenvalue weighted by molar-refractivity contribution is -0.140. The first-order chi connectivity index (χ1) is 10.6. The Morgan fingerprint density at radius 2 is 2.14 bits per heavy atom. The number of carbonyl (C=O) groups excluding carboxylic acids is 1. The molecule has 120 valence electrons. The zero-order chi connectivity index (χ0) is 15.7. The van der Waals surface area contributed by atoms with E-state index in [4.69, 9.17) is 16.3 Å². The average Bonchev–Trinajstić information content (AvgIpc) is 2.75. The topological polar surface area (TPSA) is 41.6 Å². The van der Waals surface area contributed by atoms with Gasteiger partial charge in [-0.3, -0.25) is 4.79 Å². The quantitative estimate of drug-likeness (QED) is 0.930. The summed E-state index contributed by atoms with van der Waals surface area (Å²) in [5.74, 6) is 0.798. The van der Waals surface area contributed by atoms with Crippen molar-refractivity contribution in [3.63, 3.8) is 0 Å². The summed E-state index contributed by atoms with van der Waals surface area (Å²) in [6.07, 6.45) is 2.78. The number of nitrogens with one attached hydrogen (secondary N) is 1. The van der Waals surface area contributed by atoms with Crippen molar-refractivity contribution in [1.82, 2.24) is 10.2 Å². The number of hydrogen-bond donors (Lipinski definition) is 1. The van der Waals surface area contributed by atoms with E-state index in [-0.39, 0.29) is 5.91 Å². The Balaban J connectivity index is 1.70. The summed E-state index contributed by atoms with van der Waals surface area (Å²) in [5.41, 5.74) is 0.956. The maximum absolute atomic E-state index is 12.8. The second-order valence-electron chi connectivity index (χ2n) is 6.29. The zero-order valence-electron chi connectivity index (χ0n) is 13.1. The smallest absolute Gasteiger partial charge is 0.263 e. The van der Waals surface area contributed by atoms with Gasteiger partial charge in [0.25, 0.3) is 5.91 Å². The van der Waals surface area contributed by atoms with Crippen molar-refractivity contribution >= 4 is 17.5 Å². The van der Waals surface area contributed by atoms with Crippen molar-refractivity contribution in [1.29, 1.82) is 0 Å². The van der Waals surface area contributed by atoms with Crippen LogP contribution in [0.15, 0.2) is 18.2 Å². The fourth-order valence-corrected chi connectivity index (χ4v) is 3.61. The first kappa shape index (κ1) is 15.6. The lowest BCUT2D eigenvalue weighted by atomic mass is 10.1. The van der Waals surface area contributed by atoms with Crippen LogP contribution in [0.2, 0.25) is 5.02 Å². The molecule has 0 aromatic heterocycles. The molecule has 1 aromatic carbocycles. The molecule has 0 saturated carbocycles. The molecule has 0 aliphatic carbocycles. The Hall–Kier alpha value is -1.26. The number of amides is 1. The molecule has 0 spiro atoms. The number of rotatable bonds is 3. The van der Waals surface area contributed by atoms with Crippen LogP contribution in [0.5, 0.6) is 5.75 Å².